The summed E-state index contributed by atoms with van der Waals surface area (Å²) >= 11 is 0. The fraction of sp³-hybridized carbons (Fsp3) is 0.545. The number of hydrogen-bond donors (Lipinski definition) is 2. The SMILES string of the molecule is CCNC(=NCC(C)N1CCOCC1C)N(C)Cc1ncc(-c2ccccc2)[nH]1.I. The first-order valence-corrected chi connectivity index (χ1v) is 10.5. The predicted molar refractivity (Wildman–Crippen MR) is 133 cm³/mol. The highest BCUT2D eigenvalue weighted by molar-refractivity contribution is 14.0. The lowest BCUT2D eigenvalue weighted by Gasteiger charge is -2.37. The molecular formula is C22H35IN6O. The molecule has 0 spiro atoms. The predicted octanol–water partition coefficient (Wildman–Crippen LogP) is 3.20. The fourth-order valence-corrected chi connectivity index (χ4v) is 3.69. The fourth-order valence-electron chi connectivity index (χ4n) is 3.69. The Morgan fingerprint density at radius 2 is 2.17 bits per heavy atom. The zero-order chi connectivity index (χ0) is 20.6. The summed E-state index contributed by atoms with van der Waals surface area (Å²) in [4.78, 5) is 17.5. The van der Waals surface area contributed by atoms with Crippen LogP contribution in [-0.4, -0.2) is 77.7 Å². The summed E-state index contributed by atoms with van der Waals surface area (Å²) in [5.74, 6) is 1.82. The van der Waals surface area contributed by atoms with Crippen LogP contribution in [-0.2, 0) is 11.3 Å². The number of nitrogens with one attached hydrogen (secondary N) is 2. The van der Waals surface area contributed by atoms with Crippen LogP contribution < -0.4 is 5.32 Å². The highest BCUT2D eigenvalue weighted by Gasteiger charge is 2.23. The van der Waals surface area contributed by atoms with Gasteiger partial charge in [-0.05, 0) is 26.3 Å². The molecule has 2 aromatic rings. The van der Waals surface area contributed by atoms with E-state index in [1.165, 1.54) is 0 Å². The molecule has 1 aliphatic heterocycles. The smallest absolute Gasteiger partial charge is 0.194 e. The van der Waals surface area contributed by atoms with Gasteiger partial charge in [0, 0.05) is 32.2 Å². The van der Waals surface area contributed by atoms with Crippen LogP contribution >= 0.6 is 24.0 Å². The second kappa shape index (κ2) is 12.3. The van der Waals surface area contributed by atoms with Crippen molar-refractivity contribution in [3.05, 3.63) is 42.4 Å². The first-order chi connectivity index (χ1) is 14.1. The van der Waals surface area contributed by atoms with Gasteiger partial charge in [0.2, 0.25) is 0 Å². The number of morpholine rings is 1. The summed E-state index contributed by atoms with van der Waals surface area (Å²) in [5.41, 5.74) is 2.17. The highest BCUT2D eigenvalue weighted by Crippen LogP contribution is 2.16. The van der Waals surface area contributed by atoms with Crippen molar-refractivity contribution >= 4 is 29.9 Å². The lowest BCUT2D eigenvalue weighted by atomic mass is 10.2. The standard InChI is InChI=1S/C22H34N6O.HI/c1-5-23-22(25-13-17(2)28-11-12-29-16-18(28)3)27(4)15-21-24-14-20(26-21)19-9-7-6-8-10-19;/h6-10,14,17-18H,5,11-13,15-16H2,1-4H3,(H,23,25)(H,24,26);1H. The van der Waals surface area contributed by atoms with E-state index >= 15 is 0 Å². The van der Waals surface area contributed by atoms with Crippen LogP contribution in [0.1, 0.15) is 26.6 Å². The van der Waals surface area contributed by atoms with E-state index < -0.39 is 0 Å². The second-order valence-corrected chi connectivity index (χ2v) is 7.67. The minimum Gasteiger partial charge on any atom is -0.379 e. The van der Waals surface area contributed by atoms with Gasteiger partial charge in [0.1, 0.15) is 5.82 Å². The normalized spacial score (nSPS) is 18.5. The third-order valence-electron chi connectivity index (χ3n) is 5.29. The minimum absolute atomic E-state index is 0. The van der Waals surface area contributed by atoms with Gasteiger partial charge in [0.25, 0.3) is 0 Å². The molecule has 1 aromatic carbocycles. The van der Waals surface area contributed by atoms with Gasteiger partial charge in [-0.2, -0.15) is 0 Å². The molecule has 1 saturated heterocycles. The van der Waals surface area contributed by atoms with E-state index in [9.17, 15) is 0 Å². The van der Waals surface area contributed by atoms with Gasteiger partial charge in [-0.1, -0.05) is 30.3 Å². The molecule has 3 rings (SSSR count). The molecule has 166 valence electrons. The third kappa shape index (κ3) is 6.68. The van der Waals surface area contributed by atoms with Crippen LogP contribution in [0.4, 0.5) is 0 Å². The van der Waals surface area contributed by atoms with Crippen molar-refractivity contribution in [2.45, 2.75) is 39.4 Å². The Labute approximate surface area is 197 Å². The highest BCUT2D eigenvalue weighted by atomic mass is 127. The van der Waals surface area contributed by atoms with Gasteiger partial charge >= 0.3 is 0 Å². The van der Waals surface area contributed by atoms with Gasteiger partial charge in [0.15, 0.2) is 5.96 Å². The van der Waals surface area contributed by atoms with Crippen molar-refractivity contribution in [3.8, 4) is 11.3 Å². The molecule has 0 amide bonds. The van der Waals surface area contributed by atoms with Crippen LogP contribution in [0.5, 0.6) is 0 Å². The van der Waals surface area contributed by atoms with Crippen LogP contribution in [0.15, 0.2) is 41.5 Å². The number of aromatic nitrogens is 2. The summed E-state index contributed by atoms with van der Waals surface area (Å²) in [5, 5.41) is 3.40. The van der Waals surface area contributed by atoms with E-state index in [1.807, 2.05) is 31.4 Å². The van der Waals surface area contributed by atoms with Gasteiger partial charge in [-0.25, -0.2) is 4.98 Å². The first-order valence-electron chi connectivity index (χ1n) is 10.5. The topological polar surface area (TPSA) is 68.8 Å². The number of guanidine groups is 1. The van der Waals surface area contributed by atoms with Gasteiger partial charge in [0.05, 0.1) is 38.2 Å². The van der Waals surface area contributed by atoms with Crippen molar-refractivity contribution in [3.63, 3.8) is 0 Å². The zero-order valence-corrected chi connectivity index (χ0v) is 20.8. The molecule has 0 radical (unpaired) electrons. The van der Waals surface area contributed by atoms with Crippen LogP contribution in [0.2, 0.25) is 0 Å². The number of nitrogens with zero attached hydrogens (tertiary/aromatic N) is 4. The maximum Gasteiger partial charge on any atom is 0.194 e. The van der Waals surface area contributed by atoms with E-state index in [1.54, 1.807) is 0 Å². The number of aliphatic imine (C=N–C) groups is 1. The average molecular weight is 526 g/mol. The molecule has 30 heavy (non-hydrogen) atoms. The summed E-state index contributed by atoms with van der Waals surface area (Å²) in [6.45, 7) is 11.4. The summed E-state index contributed by atoms with van der Waals surface area (Å²) in [6, 6.07) is 11.1. The molecule has 7 nitrogen and oxygen atoms in total. The molecule has 2 unspecified atom stereocenters. The lowest BCUT2D eigenvalue weighted by molar-refractivity contribution is -0.0166. The Kier molecular flexibility index (Phi) is 10.1. The molecule has 2 atom stereocenters. The maximum atomic E-state index is 5.56. The molecule has 1 aromatic heterocycles. The first kappa shape index (κ1) is 24.6. The number of rotatable bonds is 7. The van der Waals surface area contributed by atoms with Crippen LogP contribution in [0.3, 0.4) is 0 Å². The monoisotopic (exact) mass is 526 g/mol. The Morgan fingerprint density at radius 1 is 1.40 bits per heavy atom. The van der Waals surface area contributed by atoms with E-state index in [0.717, 1.165) is 55.9 Å². The van der Waals surface area contributed by atoms with Gasteiger partial charge < -0.3 is 19.9 Å². The lowest BCUT2D eigenvalue weighted by Crippen LogP contribution is -2.49. The largest absolute Gasteiger partial charge is 0.379 e. The Hall–Kier alpha value is -1.65. The summed E-state index contributed by atoms with van der Waals surface area (Å²) in [6.07, 6.45) is 1.89. The number of halogens is 1. The summed E-state index contributed by atoms with van der Waals surface area (Å²) in [7, 11) is 2.05. The molecule has 0 saturated carbocycles. The molecule has 0 aliphatic carbocycles. The van der Waals surface area contributed by atoms with E-state index in [4.69, 9.17) is 9.73 Å². The van der Waals surface area contributed by atoms with Crippen LogP contribution in [0, 0.1) is 0 Å². The molecule has 8 heteroatoms. The minimum atomic E-state index is 0. The maximum absolute atomic E-state index is 5.56. The number of ether oxygens (including phenoxy) is 1. The zero-order valence-electron chi connectivity index (χ0n) is 18.5. The van der Waals surface area contributed by atoms with Gasteiger partial charge in [-0.3, -0.25) is 9.89 Å². The summed E-state index contributed by atoms with van der Waals surface area (Å²) < 4.78 is 5.56. The number of hydrogen-bond acceptors (Lipinski definition) is 4. The van der Waals surface area contributed by atoms with Gasteiger partial charge in [-0.15, -0.1) is 24.0 Å². The second-order valence-electron chi connectivity index (χ2n) is 7.67. The van der Waals surface area contributed by atoms with Crippen molar-refractivity contribution < 1.29 is 4.74 Å². The third-order valence-corrected chi connectivity index (χ3v) is 5.29. The van der Waals surface area contributed by atoms with Crippen molar-refractivity contribution in [2.75, 3.05) is 39.9 Å². The molecule has 1 aliphatic rings. The number of imidazole rings is 1. The van der Waals surface area contributed by atoms with Crippen LogP contribution in [0.25, 0.3) is 11.3 Å². The Balaban J connectivity index is 0.00000320. The van der Waals surface area contributed by atoms with E-state index in [0.29, 0.717) is 18.6 Å². The van der Waals surface area contributed by atoms with Crippen molar-refractivity contribution in [1.82, 2.24) is 25.1 Å². The van der Waals surface area contributed by atoms with E-state index in [2.05, 4.69) is 58.0 Å². The molecule has 0 bridgehead atoms. The molecule has 2 heterocycles. The molecule has 2 N–H and O–H groups in total. The number of H-pyrrole nitrogens is 1. The quantitative estimate of drug-likeness (QED) is 0.330. The van der Waals surface area contributed by atoms with Crippen molar-refractivity contribution in [1.29, 1.82) is 0 Å². The molecular weight excluding hydrogens is 491 g/mol. The van der Waals surface area contributed by atoms with E-state index in [-0.39, 0.29) is 24.0 Å². The number of benzene rings is 1. The Bertz CT molecular complexity index is 781. The average Bonchev–Trinajstić information content (AvgIpc) is 3.20. The molecule has 1 fully saturated rings. The Morgan fingerprint density at radius 3 is 2.87 bits per heavy atom. The number of aromatic amines is 1. The van der Waals surface area contributed by atoms with Crippen molar-refractivity contribution in [2.24, 2.45) is 4.99 Å².